The predicted molar refractivity (Wildman–Crippen MR) is 104 cm³/mol. The molecule has 0 bridgehead atoms. The molecular weight excluding hydrogens is 345 g/mol. The molecule has 0 saturated carbocycles. The van der Waals surface area contributed by atoms with E-state index >= 15 is 0 Å². The molecule has 2 unspecified atom stereocenters. The van der Waals surface area contributed by atoms with Gasteiger partial charge in [0.15, 0.2) is 0 Å². The topological polar surface area (TPSA) is 44.4 Å². The van der Waals surface area contributed by atoms with Crippen molar-refractivity contribution in [3.63, 3.8) is 0 Å². The molecule has 24 heavy (non-hydrogen) atoms. The van der Waals surface area contributed by atoms with Gasteiger partial charge < -0.3 is 10.6 Å². The number of nitrogens with one attached hydrogen (secondary N) is 2. The molecule has 4 nitrogen and oxygen atoms in total. The Bertz CT molecular complexity index is 503. The van der Waals surface area contributed by atoms with Crippen molar-refractivity contribution in [2.75, 3.05) is 31.5 Å². The second kappa shape index (κ2) is 10.2. The summed E-state index contributed by atoms with van der Waals surface area (Å²) < 4.78 is 0. The molecule has 1 aromatic carbocycles. The van der Waals surface area contributed by atoms with E-state index in [1.807, 2.05) is 12.1 Å². The molecule has 6 heteroatoms. The van der Waals surface area contributed by atoms with Gasteiger partial charge in [0.05, 0.1) is 5.92 Å². The normalized spacial score (nSPS) is 23.9. The van der Waals surface area contributed by atoms with Gasteiger partial charge in [0, 0.05) is 25.3 Å². The number of carbonyl (C=O) groups excluding carboxylic acids is 1. The van der Waals surface area contributed by atoms with Crippen LogP contribution in [0.3, 0.4) is 0 Å². The number of hydrogen-bond acceptors (Lipinski definition) is 3. The van der Waals surface area contributed by atoms with Crippen LogP contribution in [0.2, 0.25) is 0 Å². The van der Waals surface area contributed by atoms with Gasteiger partial charge in [0.2, 0.25) is 5.91 Å². The summed E-state index contributed by atoms with van der Waals surface area (Å²) in [7, 11) is 0. The average molecular weight is 374 g/mol. The quantitative estimate of drug-likeness (QED) is 0.850. The Hall–Kier alpha value is -0.810. The zero-order valence-electron chi connectivity index (χ0n) is 14.3. The van der Waals surface area contributed by atoms with E-state index in [1.54, 1.807) is 0 Å². The number of benzene rings is 1. The molecule has 0 spiro atoms. The van der Waals surface area contributed by atoms with Crippen LogP contribution in [0.4, 0.5) is 5.69 Å². The van der Waals surface area contributed by atoms with Gasteiger partial charge in [-0.2, -0.15) is 0 Å². The van der Waals surface area contributed by atoms with Crippen molar-refractivity contribution in [1.29, 1.82) is 0 Å². The Kier molecular flexibility index (Phi) is 9.06. The number of nitrogens with zero attached hydrogens (tertiary/aromatic N) is 1. The Morgan fingerprint density at radius 1 is 1.25 bits per heavy atom. The van der Waals surface area contributed by atoms with Crippen molar-refractivity contribution >= 4 is 36.4 Å². The lowest BCUT2D eigenvalue weighted by atomic mass is 10.00. The maximum absolute atomic E-state index is 12.1. The number of piperidine rings is 1. The summed E-state index contributed by atoms with van der Waals surface area (Å²) in [5.74, 6) is 1.07. The molecular formula is C18H29Cl2N3O. The van der Waals surface area contributed by atoms with Crippen LogP contribution in [0, 0.1) is 11.8 Å². The van der Waals surface area contributed by atoms with Crippen LogP contribution < -0.4 is 10.6 Å². The molecule has 3 rings (SSSR count). The molecule has 2 aliphatic heterocycles. The standard InChI is InChI=1S/C18H27N3O.2ClH/c1-14-3-2-10-21(12-14)13-15-4-6-17(7-5-15)20-18(22)16-8-9-19-11-16;;/h4-7,14,16,19H,2-3,8-13H2,1H3,(H,20,22);2*1H. The van der Waals surface area contributed by atoms with Crippen molar-refractivity contribution < 1.29 is 4.79 Å². The van der Waals surface area contributed by atoms with Crippen LogP contribution in [0.5, 0.6) is 0 Å². The highest BCUT2D eigenvalue weighted by Crippen LogP contribution is 2.19. The zero-order valence-corrected chi connectivity index (χ0v) is 15.9. The van der Waals surface area contributed by atoms with E-state index < -0.39 is 0 Å². The molecule has 0 aromatic heterocycles. The first-order valence-electron chi connectivity index (χ1n) is 8.53. The van der Waals surface area contributed by atoms with Crippen molar-refractivity contribution in [3.05, 3.63) is 29.8 Å². The highest BCUT2D eigenvalue weighted by molar-refractivity contribution is 5.92. The molecule has 136 valence electrons. The minimum Gasteiger partial charge on any atom is -0.326 e. The third-order valence-electron chi connectivity index (χ3n) is 4.80. The Balaban J connectivity index is 0.00000144. The monoisotopic (exact) mass is 373 g/mol. The summed E-state index contributed by atoms with van der Waals surface area (Å²) in [5, 5.41) is 6.26. The summed E-state index contributed by atoms with van der Waals surface area (Å²) in [6, 6.07) is 8.34. The van der Waals surface area contributed by atoms with E-state index in [9.17, 15) is 4.79 Å². The summed E-state index contributed by atoms with van der Waals surface area (Å²) in [6.07, 6.45) is 3.61. The highest BCUT2D eigenvalue weighted by atomic mass is 35.5. The number of carbonyl (C=O) groups is 1. The Labute approximate surface area is 157 Å². The molecule has 1 aromatic rings. The first-order valence-corrected chi connectivity index (χ1v) is 8.53. The van der Waals surface area contributed by atoms with Gasteiger partial charge in [0.25, 0.3) is 0 Å². The van der Waals surface area contributed by atoms with Crippen LogP contribution in [0.1, 0.15) is 31.7 Å². The molecule has 2 fully saturated rings. The number of amides is 1. The van der Waals surface area contributed by atoms with E-state index in [-0.39, 0.29) is 36.6 Å². The van der Waals surface area contributed by atoms with Gasteiger partial charge in [-0.25, -0.2) is 0 Å². The van der Waals surface area contributed by atoms with Crippen molar-refractivity contribution in [3.8, 4) is 0 Å². The molecule has 1 amide bonds. The third kappa shape index (κ3) is 5.92. The van der Waals surface area contributed by atoms with Crippen molar-refractivity contribution in [1.82, 2.24) is 10.2 Å². The van der Waals surface area contributed by atoms with Gasteiger partial charge in [-0.15, -0.1) is 24.8 Å². The van der Waals surface area contributed by atoms with Gasteiger partial charge >= 0.3 is 0 Å². The first-order chi connectivity index (χ1) is 10.7. The summed E-state index contributed by atoms with van der Waals surface area (Å²) in [6.45, 7) is 7.51. The molecule has 2 heterocycles. The fourth-order valence-electron chi connectivity index (χ4n) is 3.50. The summed E-state index contributed by atoms with van der Waals surface area (Å²) in [4.78, 5) is 14.6. The second-order valence-electron chi connectivity index (χ2n) is 6.86. The summed E-state index contributed by atoms with van der Waals surface area (Å²) in [5.41, 5.74) is 2.24. The number of anilines is 1. The van der Waals surface area contributed by atoms with E-state index in [0.29, 0.717) is 0 Å². The lowest BCUT2D eigenvalue weighted by molar-refractivity contribution is -0.119. The third-order valence-corrected chi connectivity index (χ3v) is 4.80. The van der Waals surface area contributed by atoms with Crippen LogP contribution in [0.25, 0.3) is 0 Å². The van der Waals surface area contributed by atoms with E-state index in [2.05, 4.69) is 34.6 Å². The van der Waals surface area contributed by atoms with Gasteiger partial charge in [-0.1, -0.05) is 19.1 Å². The highest BCUT2D eigenvalue weighted by Gasteiger charge is 2.22. The largest absolute Gasteiger partial charge is 0.326 e. The molecule has 0 radical (unpaired) electrons. The lowest BCUT2D eigenvalue weighted by Crippen LogP contribution is -2.33. The van der Waals surface area contributed by atoms with Gasteiger partial charge in [-0.05, 0) is 56.0 Å². The van der Waals surface area contributed by atoms with Crippen molar-refractivity contribution in [2.45, 2.75) is 32.7 Å². The fourth-order valence-corrected chi connectivity index (χ4v) is 3.50. The lowest BCUT2D eigenvalue weighted by Gasteiger charge is -2.30. The smallest absolute Gasteiger partial charge is 0.228 e. The Morgan fingerprint density at radius 2 is 2.00 bits per heavy atom. The number of rotatable bonds is 4. The SMILES string of the molecule is CC1CCCN(Cc2ccc(NC(=O)C3CCNC3)cc2)C1.Cl.Cl. The molecule has 0 aliphatic carbocycles. The molecule has 2 aliphatic rings. The van der Waals surface area contributed by atoms with Crippen LogP contribution in [0.15, 0.2) is 24.3 Å². The number of hydrogen-bond donors (Lipinski definition) is 2. The second-order valence-corrected chi connectivity index (χ2v) is 6.86. The Morgan fingerprint density at radius 3 is 2.62 bits per heavy atom. The first kappa shape index (κ1) is 21.2. The molecule has 2 atom stereocenters. The summed E-state index contributed by atoms with van der Waals surface area (Å²) >= 11 is 0. The number of likely N-dealkylation sites (tertiary alicyclic amines) is 1. The van der Waals surface area contributed by atoms with Gasteiger partial charge in [-0.3, -0.25) is 9.69 Å². The average Bonchev–Trinajstić information content (AvgIpc) is 3.04. The van der Waals surface area contributed by atoms with Crippen molar-refractivity contribution in [2.24, 2.45) is 11.8 Å². The maximum Gasteiger partial charge on any atom is 0.228 e. The van der Waals surface area contributed by atoms with Crippen LogP contribution in [-0.4, -0.2) is 37.0 Å². The van der Waals surface area contributed by atoms with E-state index in [1.165, 1.54) is 31.5 Å². The van der Waals surface area contributed by atoms with Crippen LogP contribution in [-0.2, 0) is 11.3 Å². The minimum atomic E-state index is 0. The molecule has 2 N–H and O–H groups in total. The number of halogens is 2. The zero-order chi connectivity index (χ0) is 15.4. The maximum atomic E-state index is 12.1. The fraction of sp³-hybridized carbons (Fsp3) is 0.611. The van der Waals surface area contributed by atoms with Crippen LogP contribution >= 0.6 is 24.8 Å². The predicted octanol–water partition coefficient (Wildman–Crippen LogP) is 3.31. The van der Waals surface area contributed by atoms with Gasteiger partial charge in [0.1, 0.15) is 0 Å². The van der Waals surface area contributed by atoms with E-state index in [4.69, 9.17) is 0 Å². The van der Waals surface area contributed by atoms with E-state index in [0.717, 1.165) is 37.7 Å². The molecule has 2 saturated heterocycles. The minimum absolute atomic E-state index is 0.